The number of nitrogens with one attached hydrogen (secondary N) is 1. The molecule has 4 heteroatoms. The van der Waals surface area contributed by atoms with Crippen LogP contribution in [0.2, 0.25) is 0 Å². The fourth-order valence-electron chi connectivity index (χ4n) is 0.0417. The largest absolute Gasteiger partial charge is 0.541 e. The van der Waals surface area contributed by atoms with Gasteiger partial charge in [0.15, 0.2) is 7.98 Å². The van der Waals surface area contributed by atoms with Crippen LogP contribution in [-0.2, 0) is 37.5 Å². The fraction of sp³-hybridized carbons (Fsp3) is 0.500. The van der Waals surface area contributed by atoms with Crippen LogP contribution in [0.1, 0.15) is 0 Å². The molecular formula is C2H3BNOY-. The van der Waals surface area contributed by atoms with Gasteiger partial charge in [0, 0.05) is 32.7 Å². The fourth-order valence-corrected chi connectivity index (χ4v) is 0.0417. The van der Waals surface area contributed by atoms with Crippen LogP contribution in [0.5, 0.6) is 0 Å². The monoisotopic (exact) mass is 157 g/mol. The molecular weight excluding hydrogens is 154 g/mol. The molecule has 0 bridgehead atoms. The van der Waals surface area contributed by atoms with Gasteiger partial charge < -0.3 is 10.0 Å². The quantitative estimate of drug-likeness (QED) is 0.401. The van der Waals surface area contributed by atoms with Gasteiger partial charge in [0.05, 0.1) is 0 Å². The van der Waals surface area contributed by atoms with E-state index >= 15 is 0 Å². The first kappa shape index (κ1) is 9.93. The van der Waals surface area contributed by atoms with E-state index < -0.39 is 0 Å². The van der Waals surface area contributed by atoms with Gasteiger partial charge in [-0.2, -0.15) is 0 Å². The zero-order valence-corrected chi connectivity index (χ0v) is 6.11. The van der Waals surface area contributed by atoms with Crippen molar-refractivity contribution in [3.8, 4) is 0 Å². The number of hydrogen-bond donors (Lipinski definition) is 1. The summed E-state index contributed by atoms with van der Waals surface area (Å²) in [6, 6.07) is 0. The molecule has 0 aromatic carbocycles. The minimum Gasteiger partial charge on any atom is -0.541 e. The van der Waals surface area contributed by atoms with Crippen molar-refractivity contribution in [1.82, 2.24) is 5.23 Å². The number of carbonyl (C=O) groups excluding carboxylic acids is 1. The molecule has 6 heavy (non-hydrogen) atoms. The summed E-state index contributed by atoms with van der Waals surface area (Å²) in [6.07, 6.45) is 1.53. The van der Waals surface area contributed by atoms with Crippen molar-refractivity contribution < 1.29 is 37.5 Å². The normalized spacial score (nSPS) is 6.00. The standard InChI is InChI=1S/C2H3BNO.Y/c3-4-1-2-5;/h4H,1H2;/q-1;. The molecule has 0 aromatic heterocycles. The summed E-state index contributed by atoms with van der Waals surface area (Å²) in [5.41, 5.74) is 0. The third-order valence-electron chi connectivity index (χ3n) is 0.174. The Balaban J connectivity index is 0. The maximum absolute atomic E-state index is 9.14. The Morgan fingerprint density at radius 3 is 2.33 bits per heavy atom. The Bertz CT molecular complexity index is 34.7. The zero-order valence-electron chi connectivity index (χ0n) is 3.27. The van der Waals surface area contributed by atoms with Crippen LogP contribution in [0.4, 0.5) is 0 Å². The molecule has 29 valence electrons. The summed E-state index contributed by atoms with van der Waals surface area (Å²) in [5.74, 6) is 0. The first-order valence-electron chi connectivity index (χ1n) is 1.20. The SMILES string of the molecule is [B]NC[C-]=O.[Y]. The maximum Gasteiger partial charge on any atom is 0.175 e. The molecule has 0 aliphatic heterocycles. The second-order valence-corrected chi connectivity index (χ2v) is 0.525. The Labute approximate surface area is 63.4 Å². The molecule has 0 spiro atoms. The number of hydrogen-bond acceptors (Lipinski definition) is 2. The van der Waals surface area contributed by atoms with Crippen LogP contribution in [-0.4, -0.2) is 20.8 Å². The van der Waals surface area contributed by atoms with Crippen molar-refractivity contribution in [1.29, 1.82) is 0 Å². The van der Waals surface area contributed by atoms with E-state index in [0.29, 0.717) is 0 Å². The van der Waals surface area contributed by atoms with E-state index in [1.54, 1.807) is 0 Å². The van der Waals surface area contributed by atoms with E-state index in [9.17, 15) is 0 Å². The molecule has 0 atom stereocenters. The van der Waals surface area contributed by atoms with Crippen molar-refractivity contribution in [3.05, 3.63) is 0 Å². The molecule has 0 heterocycles. The minimum atomic E-state index is 0. The van der Waals surface area contributed by atoms with Crippen LogP contribution >= 0.6 is 0 Å². The second-order valence-electron chi connectivity index (χ2n) is 0.525. The summed E-state index contributed by atoms with van der Waals surface area (Å²) in [6.45, 7) is 0.111. The average molecular weight is 157 g/mol. The van der Waals surface area contributed by atoms with E-state index in [0.717, 1.165) is 0 Å². The molecule has 0 unspecified atom stereocenters. The van der Waals surface area contributed by atoms with Crippen LogP contribution in [0.15, 0.2) is 0 Å². The topological polar surface area (TPSA) is 29.1 Å². The molecule has 1 N–H and O–H groups in total. The van der Waals surface area contributed by atoms with Gasteiger partial charge >= 0.3 is 0 Å². The molecule has 0 saturated carbocycles. The molecule has 0 amide bonds. The van der Waals surface area contributed by atoms with Gasteiger partial charge in [-0.1, -0.05) is 0 Å². The summed E-state index contributed by atoms with van der Waals surface area (Å²) in [7, 11) is 4.63. The first-order chi connectivity index (χ1) is 2.41. The summed E-state index contributed by atoms with van der Waals surface area (Å²) in [4.78, 5) is 9.14. The summed E-state index contributed by atoms with van der Waals surface area (Å²) >= 11 is 0. The van der Waals surface area contributed by atoms with Crippen molar-refractivity contribution in [2.24, 2.45) is 0 Å². The molecule has 0 aliphatic rings. The molecule has 0 rings (SSSR count). The molecule has 0 aromatic rings. The Kier molecular flexibility index (Phi) is 15.3. The Hall–Kier alpha value is 0.799. The zero-order chi connectivity index (χ0) is 4.12. The predicted octanol–water partition coefficient (Wildman–Crippen LogP) is -1.23. The second kappa shape index (κ2) is 9.25. The molecule has 3 radical (unpaired) electrons. The maximum atomic E-state index is 9.14. The van der Waals surface area contributed by atoms with E-state index in [1.807, 2.05) is 0 Å². The van der Waals surface area contributed by atoms with E-state index in [2.05, 4.69) is 13.2 Å². The minimum absolute atomic E-state index is 0. The van der Waals surface area contributed by atoms with Crippen LogP contribution in [0, 0.1) is 0 Å². The number of rotatable bonds is 2. The third-order valence-corrected chi connectivity index (χ3v) is 0.174. The predicted molar refractivity (Wildman–Crippen MR) is 19.5 cm³/mol. The molecule has 0 fully saturated rings. The van der Waals surface area contributed by atoms with Crippen molar-refractivity contribution in [2.45, 2.75) is 0 Å². The van der Waals surface area contributed by atoms with Crippen molar-refractivity contribution in [3.63, 3.8) is 0 Å². The van der Waals surface area contributed by atoms with Gasteiger partial charge in [-0.05, 0) is 0 Å². The van der Waals surface area contributed by atoms with Gasteiger partial charge in [-0.25, -0.2) is 0 Å². The van der Waals surface area contributed by atoms with Gasteiger partial charge in [0.25, 0.3) is 0 Å². The van der Waals surface area contributed by atoms with Crippen LogP contribution in [0.25, 0.3) is 0 Å². The average Bonchev–Trinajstić information content (AvgIpc) is 1.41. The van der Waals surface area contributed by atoms with Crippen molar-refractivity contribution in [2.75, 3.05) is 6.54 Å². The van der Waals surface area contributed by atoms with Gasteiger partial charge in [-0.3, -0.25) is 6.29 Å². The van der Waals surface area contributed by atoms with Gasteiger partial charge in [-0.15, -0.1) is 6.54 Å². The smallest absolute Gasteiger partial charge is 0.175 e. The van der Waals surface area contributed by atoms with E-state index in [-0.39, 0.29) is 39.3 Å². The molecule has 2 nitrogen and oxygen atoms in total. The molecule has 0 saturated heterocycles. The van der Waals surface area contributed by atoms with Gasteiger partial charge in [0.1, 0.15) is 0 Å². The first-order valence-corrected chi connectivity index (χ1v) is 1.20. The summed E-state index contributed by atoms with van der Waals surface area (Å²) in [5, 5.41) is 2.09. The third kappa shape index (κ3) is 8.84. The van der Waals surface area contributed by atoms with E-state index in [4.69, 9.17) is 4.79 Å². The van der Waals surface area contributed by atoms with Gasteiger partial charge in [0.2, 0.25) is 0 Å². The van der Waals surface area contributed by atoms with E-state index in [1.165, 1.54) is 6.29 Å². The summed E-state index contributed by atoms with van der Waals surface area (Å²) < 4.78 is 0. The van der Waals surface area contributed by atoms with Crippen LogP contribution < -0.4 is 5.23 Å². The Morgan fingerprint density at radius 1 is 1.83 bits per heavy atom. The Morgan fingerprint density at radius 2 is 2.33 bits per heavy atom. The van der Waals surface area contributed by atoms with Crippen molar-refractivity contribution >= 4 is 14.3 Å². The molecule has 0 aliphatic carbocycles. The van der Waals surface area contributed by atoms with Crippen LogP contribution in [0.3, 0.4) is 0 Å².